The maximum Gasteiger partial charge on any atom is 0.0440 e. The zero-order valence-corrected chi connectivity index (χ0v) is 10.3. The molecule has 0 fully saturated rings. The summed E-state index contributed by atoms with van der Waals surface area (Å²) in [7, 11) is 0. The first-order chi connectivity index (χ1) is 7.10. The van der Waals surface area contributed by atoms with E-state index in [2.05, 4.69) is 57.4 Å². The third kappa shape index (κ3) is 2.62. The van der Waals surface area contributed by atoms with E-state index >= 15 is 0 Å². The molecule has 0 heterocycles. The zero-order chi connectivity index (χ0) is 11.4. The van der Waals surface area contributed by atoms with Gasteiger partial charge >= 0.3 is 0 Å². The van der Waals surface area contributed by atoms with Crippen molar-refractivity contribution in [3.05, 3.63) is 41.6 Å². The summed E-state index contributed by atoms with van der Waals surface area (Å²) in [5, 5.41) is 0. The van der Waals surface area contributed by atoms with Gasteiger partial charge in [-0.05, 0) is 44.4 Å². The van der Waals surface area contributed by atoms with Gasteiger partial charge in [0.1, 0.15) is 0 Å². The maximum atomic E-state index is 4.12. The lowest BCUT2D eigenvalue weighted by molar-refractivity contribution is 0.895. The molecular formula is C14H21N. The van der Waals surface area contributed by atoms with Crippen molar-refractivity contribution in [2.45, 2.75) is 34.1 Å². The van der Waals surface area contributed by atoms with Gasteiger partial charge in [-0.2, -0.15) is 0 Å². The lowest BCUT2D eigenvalue weighted by atomic mass is 10.1. The molecule has 0 saturated carbocycles. The standard InChI is InChI=1S/C14H21N/c1-6-13(5)15(7-2)14-10-11(3)8-9-12(14)4/h8-10H,5-7H2,1-4H3. The van der Waals surface area contributed by atoms with E-state index in [0.717, 1.165) is 13.0 Å². The minimum absolute atomic E-state index is 0.983. The van der Waals surface area contributed by atoms with Crippen LogP contribution in [0.25, 0.3) is 0 Å². The van der Waals surface area contributed by atoms with Crippen LogP contribution in [0.2, 0.25) is 0 Å². The number of rotatable bonds is 4. The Balaban J connectivity index is 3.11. The van der Waals surface area contributed by atoms with E-state index in [1.807, 2.05) is 0 Å². The second-order valence-electron chi connectivity index (χ2n) is 3.95. The number of benzene rings is 1. The normalized spacial score (nSPS) is 10.1. The fraction of sp³-hybridized carbons (Fsp3) is 0.429. The average Bonchev–Trinajstić information content (AvgIpc) is 2.23. The molecule has 0 amide bonds. The molecule has 1 aromatic rings. The third-order valence-corrected chi connectivity index (χ3v) is 2.76. The van der Waals surface area contributed by atoms with Crippen LogP contribution < -0.4 is 4.90 Å². The quantitative estimate of drug-likeness (QED) is 0.713. The lowest BCUT2D eigenvalue weighted by Crippen LogP contribution is -2.21. The Kier molecular flexibility index (Phi) is 3.96. The van der Waals surface area contributed by atoms with E-state index in [-0.39, 0.29) is 0 Å². The molecule has 0 aromatic heterocycles. The summed E-state index contributed by atoms with van der Waals surface area (Å²) < 4.78 is 0. The van der Waals surface area contributed by atoms with Gasteiger partial charge in [0.05, 0.1) is 0 Å². The van der Waals surface area contributed by atoms with Crippen molar-refractivity contribution in [1.29, 1.82) is 0 Å². The van der Waals surface area contributed by atoms with Gasteiger partial charge < -0.3 is 4.90 Å². The summed E-state index contributed by atoms with van der Waals surface area (Å²) in [6.45, 7) is 13.7. The van der Waals surface area contributed by atoms with Crippen LogP contribution in [0.3, 0.4) is 0 Å². The minimum atomic E-state index is 0.983. The molecule has 1 aromatic carbocycles. The van der Waals surface area contributed by atoms with E-state index in [1.54, 1.807) is 0 Å². The Morgan fingerprint density at radius 3 is 2.47 bits per heavy atom. The van der Waals surface area contributed by atoms with Crippen molar-refractivity contribution < 1.29 is 0 Å². The van der Waals surface area contributed by atoms with Gasteiger partial charge in [0, 0.05) is 17.9 Å². The van der Waals surface area contributed by atoms with Crippen molar-refractivity contribution in [1.82, 2.24) is 0 Å². The predicted octanol–water partition coefficient (Wildman–Crippen LogP) is 4.05. The summed E-state index contributed by atoms with van der Waals surface area (Å²) >= 11 is 0. The van der Waals surface area contributed by atoms with Crippen molar-refractivity contribution >= 4 is 5.69 Å². The smallest absolute Gasteiger partial charge is 0.0440 e. The van der Waals surface area contributed by atoms with Gasteiger partial charge in [-0.1, -0.05) is 25.6 Å². The van der Waals surface area contributed by atoms with Crippen molar-refractivity contribution in [2.24, 2.45) is 0 Å². The van der Waals surface area contributed by atoms with Gasteiger partial charge in [0.2, 0.25) is 0 Å². The van der Waals surface area contributed by atoms with Crippen LogP contribution in [0.15, 0.2) is 30.5 Å². The first kappa shape index (κ1) is 11.8. The van der Waals surface area contributed by atoms with E-state index in [9.17, 15) is 0 Å². The second-order valence-corrected chi connectivity index (χ2v) is 3.95. The Morgan fingerprint density at radius 1 is 1.27 bits per heavy atom. The molecule has 15 heavy (non-hydrogen) atoms. The number of nitrogens with zero attached hydrogens (tertiary/aromatic N) is 1. The van der Waals surface area contributed by atoms with Gasteiger partial charge in [-0.25, -0.2) is 0 Å². The van der Waals surface area contributed by atoms with Gasteiger partial charge in [-0.15, -0.1) is 0 Å². The number of hydrogen-bond donors (Lipinski definition) is 0. The Hall–Kier alpha value is -1.24. The number of hydrogen-bond acceptors (Lipinski definition) is 1. The van der Waals surface area contributed by atoms with E-state index in [4.69, 9.17) is 0 Å². The molecule has 1 rings (SSSR count). The summed E-state index contributed by atoms with van der Waals surface area (Å²) in [5.74, 6) is 0. The molecule has 0 bridgehead atoms. The number of aryl methyl sites for hydroxylation is 2. The van der Waals surface area contributed by atoms with E-state index in [0.29, 0.717) is 0 Å². The van der Waals surface area contributed by atoms with Crippen molar-refractivity contribution in [2.75, 3.05) is 11.4 Å². The van der Waals surface area contributed by atoms with Crippen LogP contribution in [0.5, 0.6) is 0 Å². The summed E-state index contributed by atoms with van der Waals surface area (Å²) in [4.78, 5) is 2.29. The molecule has 0 aliphatic rings. The first-order valence-electron chi connectivity index (χ1n) is 5.62. The fourth-order valence-electron chi connectivity index (χ4n) is 1.77. The monoisotopic (exact) mass is 203 g/mol. The third-order valence-electron chi connectivity index (χ3n) is 2.76. The van der Waals surface area contributed by atoms with Crippen LogP contribution in [0, 0.1) is 13.8 Å². The summed E-state index contributed by atoms with van der Waals surface area (Å²) in [6, 6.07) is 6.57. The van der Waals surface area contributed by atoms with E-state index < -0.39 is 0 Å². The second kappa shape index (κ2) is 5.01. The molecule has 0 unspecified atom stereocenters. The highest BCUT2D eigenvalue weighted by atomic mass is 15.1. The SMILES string of the molecule is C=C(CC)N(CC)c1cc(C)ccc1C. The number of anilines is 1. The minimum Gasteiger partial charge on any atom is -0.346 e. The van der Waals surface area contributed by atoms with Gasteiger partial charge in [0.15, 0.2) is 0 Å². The Labute approximate surface area is 93.4 Å². The van der Waals surface area contributed by atoms with Gasteiger partial charge in [0.25, 0.3) is 0 Å². The molecule has 82 valence electrons. The topological polar surface area (TPSA) is 3.24 Å². The largest absolute Gasteiger partial charge is 0.346 e. The maximum absolute atomic E-state index is 4.12. The molecular weight excluding hydrogens is 182 g/mol. The number of allylic oxidation sites excluding steroid dienone is 1. The molecule has 0 aliphatic heterocycles. The fourth-order valence-corrected chi connectivity index (χ4v) is 1.77. The van der Waals surface area contributed by atoms with Crippen LogP contribution in [0.4, 0.5) is 5.69 Å². The highest BCUT2D eigenvalue weighted by molar-refractivity contribution is 5.58. The molecule has 0 radical (unpaired) electrons. The predicted molar refractivity (Wildman–Crippen MR) is 68.4 cm³/mol. The molecule has 1 heteroatoms. The van der Waals surface area contributed by atoms with Crippen LogP contribution >= 0.6 is 0 Å². The molecule has 0 saturated heterocycles. The average molecular weight is 203 g/mol. The lowest BCUT2D eigenvalue weighted by Gasteiger charge is -2.26. The molecule has 0 spiro atoms. The first-order valence-corrected chi connectivity index (χ1v) is 5.62. The van der Waals surface area contributed by atoms with Crippen molar-refractivity contribution in [3.63, 3.8) is 0 Å². The van der Waals surface area contributed by atoms with Crippen molar-refractivity contribution in [3.8, 4) is 0 Å². The summed E-state index contributed by atoms with van der Waals surface area (Å²) in [6.07, 6.45) is 1.00. The zero-order valence-electron chi connectivity index (χ0n) is 10.3. The van der Waals surface area contributed by atoms with Crippen LogP contribution in [-0.2, 0) is 0 Å². The van der Waals surface area contributed by atoms with E-state index in [1.165, 1.54) is 22.5 Å². The van der Waals surface area contributed by atoms with Gasteiger partial charge in [-0.3, -0.25) is 0 Å². The molecule has 0 N–H and O–H groups in total. The molecule has 1 nitrogen and oxygen atoms in total. The molecule has 0 aliphatic carbocycles. The summed E-state index contributed by atoms with van der Waals surface area (Å²) in [5.41, 5.74) is 5.10. The van der Waals surface area contributed by atoms with Crippen LogP contribution in [0.1, 0.15) is 31.4 Å². The Morgan fingerprint density at radius 2 is 1.93 bits per heavy atom. The Bertz CT molecular complexity index is 352. The van der Waals surface area contributed by atoms with Crippen LogP contribution in [-0.4, -0.2) is 6.54 Å². The highest BCUT2D eigenvalue weighted by Crippen LogP contribution is 2.25. The molecule has 0 atom stereocenters. The highest BCUT2D eigenvalue weighted by Gasteiger charge is 2.09.